The number of pyridine rings is 2. The van der Waals surface area contributed by atoms with Crippen LogP contribution >= 0.6 is 0 Å². The van der Waals surface area contributed by atoms with Gasteiger partial charge >= 0.3 is 11.9 Å². The van der Waals surface area contributed by atoms with Gasteiger partial charge in [-0.1, -0.05) is 6.07 Å². The van der Waals surface area contributed by atoms with Gasteiger partial charge in [-0.15, -0.1) is 0 Å². The number of rotatable bonds is 2. The summed E-state index contributed by atoms with van der Waals surface area (Å²) in [5.41, 5.74) is 0.301. The van der Waals surface area contributed by atoms with Crippen LogP contribution in [-0.2, 0) is 0 Å². The Balaban J connectivity index is 0.000000180. The molecular formula is C12H10N2O4. The van der Waals surface area contributed by atoms with E-state index in [9.17, 15) is 9.59 Å². The fraction of sp³-hybridized carbons (Fsp3) is 0. The van der Waals surface area contributed by atoms with Crippen molar-refractivity contribution in [3.05, 3.63) is 60.2 Å². The molecule has 0 saturated carbocycles. The van der Waals surface area contributed by atoms with E-state index in [0.29, 0.717) is 0 Å². The van der Waals surface area contributed by atoms with E-state index >= 15 is 0 Å². The van der Waals surface area contributed by atoms with Crippen molar-refractivity contribution < 1.29 is 19.8 Å². The Labute approximate surface area is 103 Å². The highest BCUT2D eigenvalue weighted by molar-refractivity contribution is 5.87. The first-order valence-corrected chi connectivity index (χ1v) is 4.89. The molecule has 92 valence electrons. The van der Waals surface area contributed by atoms with E-state index in [2.05, 4.69) is 9.97 Å². The van der Waals surface area contributed by atoms with E-state index in [1.807, 2.05) is 0 Å². The van der Waals surface area contributed by atoms with E-state index < -0.39 is 11.9 Å². The van der Waals surface area contributed by atoms with Gasteiger partial charge in [0.05, 0.1) is 5.56 Å². The Morgan fingerprint density at radius 3 is 2.06 bits per heavy atom. The first-order chi connectivity index (χ1) is 8.61. The summed E-state index contributed by atoms with van der Waals surface area (Å²) < 4.78 is 0. The average Bonchev–Trinajstić information content (AvgIpc) is 2.41. The molecule has 0 radical (unpaired) electrons. The molecule has 6 nitrogen and oxygen atoms in total. The minimum atomic E-state index is -0.990. The molecular weight excluding hydrogens is 236 g/mol. The molecule has 0 amide bonds. The van der Waals surface area contributed by atoms with E-state index in [0.717, 1.165) is 0 Å². The molecule has 6 heteroatoms. The second-order valence-electron chi connectivity index (χ2n) is 3.07. The summed E-state index contributed by atoms with van der Waals surface area (Å²) in [6, 6.07) is 7.84. The Hall–Kier alpha value is -2.76. The molecule has 0 spiro atoms. The highest BCUT2D eigenvalue weighted by Gasteiger charge is 1.99. The summed E-state index contributed by atoms with van der Waals surface area (Å²) >= 11 is 0. The third-order valence-electron chi connectivity index (χ3n) is 1.79. The number of aromatic carboxylic acids is 2. The Morgan fingerprint density at radius 2 is 1.72 bits per heavy atom. The summed E-state index contributed by atoms with van der Waals surface area (Å²) in [7, 11) is 0. The SMILES string of the molecule is O=C(O)c1ccccn1.O=C(O)c1cccnc1. The molecule has 0 aromatic carbocycles. The smallest absolute Gasteiger partial charge is 0.354 e. The summed E-state index contributed by atoms with van der Waals surface area (Å²) in [6.07, 6.45) is 4.29. The third kappa shape index (κ3) is 4.40. The van der Waals surface area contributed by atoms with Crippen molar-refractivity contribution in [1.82, 2.24) is 9.97 Å². The number of nitrogens with zero attached hydrogens (tertiary/aromatic N) is 2. The molecule has 2 heterocycles. The zero-order chi connectivity index (χ0) is 13.4. The molecule has 0 aliphatic carbocycles. The van der Waals surface area contributed by atoms with Crippen molar-refractivity contribution in [3.8, 4) is 0 Å². The molecule has 0 fully saturated rings. The quantitative estimate of drug-likeness (QED) is 0.833. The van der Waals surface area contributed by atoms with Gasteiger partial charge in [0, 0.05) is 18.6 Å². The summed E-state index contributed by atoms with van der Waals surface area (Å²) in [5, 5.41) is 16.7. The van der Waals surface area contributed by atoms with Crippen LogP contribution in [0.4, 0.5) is 0 Å². The standard InChI is InChI=1S/2C6H5NO2/c8-6(9)5-2-1-3-7-4-5;8-6(9)5-3-1-2-4-7-5/h2*1-4H,(H,8,9). The van der Waals surface area contributed by atoms with E-state index in [1.54, 1.807) is 18.2 Å². The molecule has 0 atom stereocenters. The first-order valence-electron chi connectivity index (χ1n) is 4.89. The average molecular weight is 246 g/mol. The molecule has 0 saturated heterocycles. The van der Waals surface area contributed by atoms with Crippen LogP contribution in [0, 0.1) is 0 Å². The topological polar surface area (TPSA) is 100 Å². The minimum Gasteiger partial charge on any atom is -0.478 e. The molecule has 0 bridgehead atoms. The molecule has 0 aliphatic rings. The lowest BCUT2D eigenvalue weighted by atomic mass is 10.3. The Kier molecular flexibility index (Phi) is 4.98. The van der Waals surface area contributed by atoms with E-state index in [1.165, 1.54) is 30.7 Å². The fourth-order valence-electron chi connectivity index (χ4n) is 0.979. The van der Waals surface area contributed by atoms with Crippen molar-refractivity contribution in [2.24, 2.45) is 0 Å². The normalized spacial score (nSPS) is 8.89. The van der Waals surface area contributed by atoms with Gasteiger partial charge < -0.3 is 10.2 Å². The largest absolute Gasteiger partial charge is 0.478 e. The molecule has 2 N–H and O–H groups in total. The van der Waals surface area contributed by atoms with Crippen LogP contribution in [0.3, 0.4) is 0 Å². The van der Waals surface area contributed by atoms with Crippen LogP contribution in [0.5, 0.6) is 0 Å². The lowest BCUT2D eigenvalue weighted by molar-refractivity contribution is 0.0682. The lowest BCUT2D eigenvalue weighted by Gasteiger charge is -1.87. The van der Waals surface area contributed by atoms with Gasteiger partial charge in [0.1, 0.15) is 5.69 Å². The molecule has 2 aromatic heterocycles. The maximum absolute atomic E-state index is 10.2. The zero-order valence-electron chi connectivity index (χ0n) is 9.22. The van der Waals surface area contributed by atoms with Crippen LogP contribution in [-0.4, -0.2) is 32.1 Å². The first kappa shape index (κ1) is 13.3. The maximum Gasteiger partial charge on any atom is 0.354 e. The van der Waals surface area contributed by atoms with Gasteiger partial charge in [0.15, 0.2) is 0 Å². The number of hydrogen-bond donors (Lipinski definition) is 2. The third-order valence-corrected chi connectivity index (χ3v) is 1.79. The van der Waals surface area contributed by atoms with Gasteiger partial charge in [-0.2, -0.15) is 0 Å². The fourth-order valence-corrected chi connectivity index (χ4v) is 0.979. The van der Waals surface area contributed by atoms with Crippen molar-refractivity contribution in [1.29, 1.82) is 0 Å². The van der Waals surface area contributed by atoms with E-state index in [-0.39, 0.29) is 11.3 Å². The number of carboxylic acids is 2. The van der Waals surface area contributed by atoms with Gasteiger partial charge in [-0.3, -0.25) is 4.98 Å². The Morgan fingerprint density at radius 1 is 0.944 bits per heavy atom. The lowest BCUT2D eigenvalue weighted by Crippen LogP contribution is -1.97. The van der Waals surface area contributed by atoms with Gasteiger partial charge in [-0.05, 0) is 24.3 Å². The number of aromatic nitrogens is 2. The highest BCUT2D eigenvalue weighted by atomic mass is 16.4. The van der Waals surface area contributed by atoms with Gasteiger partial charge in [-0.25, -0.2) is 14.6 Å². The van der Waals surface area contributed by atoms with Crippen LogP contribution < -0.4 is 0 Å². The molecule has 0 unspecified atom stereocenters. The second kappa shape index (κ2) is 6.74. The van der Waals surface area contributed by atoms with Crippen molar-refractivity contribution in [2.75, 3.05) is 0 Å². The predicted molar refractivity (Wildman–Crippen MR) is 62.4 cm³/mol. The summed E-state index contributed by atoms with van der Waals surface area (Å²) in [4.78, 5) is 27.5. The molecule has 2 aromatic rings. The number of carboxylic acid groups (broad SMARTS) is 2. The van der Waals surface area contributed by atoms with Crippen LogP contribution in [0.25, 0.3) is 0 Å². The molecule has 0 aliphatic heterocycles. The summed E-state index contributed by atoms with van der Waals surface area (Å²) in [5.74, 6) is -1.93. The van der Waals surface area contributed by atoms with Crippen molar-refractivity contribution in [3.63, 3.8) is 0 Å². The van der Waals surface area contributed by atoms with Crippen LogP contribution in [0.1, 0.15) is 20.8 Å². The molecule has 18 heavy (non-hydrogen) atoms. The van der Waals surface area contributed by atoms with Gasteiger partial charge in [0.2, 0.25) is 0 Å². The van der Waals surface area contributed by atoms with Crippen LogP contribution in [0.2, 0.25) is 0 Å². The highest BCUT2D eigenvalue weighted by Crippen LogP contribution is 1.93. The monoisotopic (exact) mass is 246 g/mol. The summed E-state index contributed by atoms with van der Waals surface area (Å²) in [6.45, 7) is 0. The number of carbonyl (C=O) groups is 2. The van der Waals surface area contributed by atoms with E-state index in [4.69, 9.17) is 10.2 Å². The van der Waals surface area contributed by atoms with Crippen LogP contribution in [0.15, 0.2) is 48.9 Å². The predicted octanol–water partition coefficient (Wildman–Crippen LogP) is 1.56. The van der Waals surface area contributed by atoms with Crippen molar-refractivity contribution in [2.45, 2.75) is 0 Å². The molecule has 2 rings (SSSR count). The van der Waals surface area contributed by atoms with Gasteiger partial charge in [0.25, 0.3) is 0 Å². The number of hydrogen-bond acceptors (Lipinski definition) is 4. The second-order valence-corrected chi connectivity index (χ2v) is 3.07. The maximum atomic E-state index is 10.2. The minimum absolute atomic E-state index is 0.0810. The van der Waals surface area contributed by atoms with Crippen molar-refractivity contribution >= 4 is 11.9 Å². The Bertz CT molecular complexity index is 465. The zero-order valence-corrected chi connectivity index (χ0v) is 9.22.